The van der Waals surface area contributed by atoms with Crippen LogP contribution in [0.4, 0.5) is 0 Å². The summed E-state index contributed by atoms with van der Waals surface area (Å²) in [5, 5.41) is 9.84. The van der Waals surface area contributed by atoms with Crippen molar-refractivity contribution in [3.8, 4) is 0 Å². The van der Waals surface area contributed by atoms with E-state index in [1.54, 1.807) is 0 Å². The molecule has 1 aliphatic rings. The van der Waals surface area contributed by atoms with Gasteiger partial charge in [-0.2, -0.15) is 0 Å². The minimum atomic E-state index is -0.225. The van der Waals surface area contributed by atoms with E-state index in [1.165, 1.54) is 12.8 Å². The summed E-state index contributed by atoms with van der Waals surface area (Å²) in [6.07, 6.45) is 6.63. The van der Waals surface area contributed by atoms with Crippen molar-refractivity contribution in [2.24, 2.45) is 5.92 Å². The zero-order valence-corrected chi connectivity index (χ0v) is 9.54. The zero-order valence-electron chi connectivity index (χ0n) is 9.54. The third-order valence-corrected chi connectivity index (χ3v) is 3.13. The fourth-order valence-corrected chi connectivity index (χ4v) is 2.18. The second-order valence-corrected chi connectivity index (χ2v) is 4.59. The maximum atomic E-state index is 9.84. The zero-order chi connectivity index (χ0) is 10.4. The minimum Gasteiger partial charge on any atom is -0.390 e. The predicted molar refractivity (Wildman–Crippen MR) is 58.3 cm³/mol. The molecule has 14 heavy (non-hydrogen) atoms. The summed E-state index contributed by atoms with van der Waals surface area (Å²) in [5.41, 5.74) is 0. The van der Waals surface area contributed by atoms with Gasteiger partial charge < -0.3 is 9.84 Å². The highest BCUT2D eigenvalue weighted by Crippen LogP contribution is 2.21. The third-order valence-electron chi connectivity index (χ3n) is 3.13. The standard InChI is InChI=1S/C12H24O2/c1-3-5-10(2)7-8-11(13)12-6-4-9-14-12/h10-13H,3-9H2,1-2H3. The first-order valence-electron chi connectivity index (χ1n) is 6.03. The summed E-state index contributed by atoms with van der Waals surface area (Å²) in [4.78, 5) is 0. The van der Waals surface area contributed by atoms with E-state index in [-0.39, 0.29) is 12.2 Å². The molecular formula is C12H24O2. The molecule has 0 radical (unpaired) electrons. The Hall–Kier alpha value is -0.0800. The van der Waals surface area contributed by atoms with E-state index >= 15 is 0 Å². The average Bonchev–Trinajstić information content (AvgIpc) is 2.67. The predicted octanol–water partition coefficient (Wildman–Crippen LogP) is 2.74. The molecule has 0 amide bonds. The van der Waals surface area contributed by atoms with Crippen LogP contribution in [0.3, 0.4) is 0 Å². The molecule has 1 rings (SSSR count). The Labute approximate surface area is 87.7 Å². The lowest BCUT2D eigenvalue weighted by atomic mass is 9.96. The maximum absolute atomic E-state index is 9.84. The van der Waals surface area contributed by atoms with E-state index in [0.717, 1.165) is 38.2 Å². The first kappa shape index (κ1) is 12.0. The Morgan fingerprint density at radius 2 is 2.14 bits per heavy atom. The van der Waals surface area contributed by atoms with E-state index in [9.17, 15) is 5.11 Å². The van der Waals surface area contributed by atoms with Crippen molar-refractivity contribution in [3.63, 3.8) is 0 Å². The molecule has 0 spiro atoms. The van der Waals surface area contributed by atoms with Gasteiger partial charge in [0.25, 0.3) is 0 Å². The molecule has 1 fully saturated rings. The summed E-state index contributed by atoms with van der Waals surface area (Å²) in [6.45, 7) is 5.32. The van der Waals surface area contributed by atoms with Crippen molar-refractivity contribution < 1.29 is 9.84 Å². The summed E-state index contributed by atoms with van der Waals surface area (Å²) < 4.78 is 5.46. The molecule has 1 N–H and O–H groups in total. The van der Waals surface area contributed by atoms with Crippen LogP contribution in [0.15, 0.2) is 0 Å². The SMILES string of the molecule is CCCC(C)CCC(O)C1CCCO1. The quantitative estimate of drug-likeness (QED) is 0.714. The van der Waals surface area contributed by atoms with E-state index in [0.29, 0.717) is 0 Å². The lowest BCUT2D eigenvalue weighted by Crippen LogP contribution is -2.25. The number of hydrogen-bond acceptors (Lipinski definition) is 2. The summed E-state index contributed by atoms with van der Waals surface area (Å²) in [7, 11) is 0. The Morgan fingerprint density at radius 1 is 1.36 bits per heavy atom. The van der Waals surface area contributed by atoms with Gasteiger partial charge in [-0.15, -0.1) is 0 Å². The molecule has 3 atom stereocenters. The van der Waals surface area contributed by atoms with Gasteiger partial charge in [0.05, 0.1) is 12.2 Å². The van der Waals surface area contributed by atoms with Crippen LogP contribution in [-0.4, -0.2) is 23.9 Å². The molecule has 1 aliphatic heterocycles. The van der Waals surface area contributed by atoms with Crippen molar-refractivity contribution in [1.29, 1.82) is 0 Å². The van der Waals surface area contributed by atoms with Crippen LogP contribution in [0.1, 0.15) is 52.4 Å². The fourth-order valence-electron chi connectivity index (χ4n) is 2.18. The molecular weight excluding hydrogens is 176 g/mol. The highest BCUT2D eigenvalue weighted by Gasteiger charge is 2.23. The van der Waals surface area contributed by atoms with Crippen molar-refractivity contribution in [1.82, 2.24) is 0 Å². The van der Waals surface area contributed by atoms with Gasteiger partial charge >= 0.3 is 0 Å². The lowest BCUT2D eigenvalue weighted by molar-refractivity contribution is -0.00790. The van der Waals surface area contributed by atoms with Gasteiger partial charge in [0.15, 0.2) is 0 Å². The van der Waals surface area contributed by atoms with Crippen molar-refractivity contribution in [2.75, 3.05) is 6.61 Å². The molecule has 0 bridgehead atoms. The molecule has 0 aliphatic carbocycles. The highest BCUT2D eigenvalue weighted by molar-refractivity contribution is 4.74. The van der Waals surface area contributed by atoms with Crippen molar-refractivity contribution in [2.45, 2.75) is 64.6 Å². The molecule has 2 heteroatoms. The second kappa shape index (κ2) is 6.41. The number of rotatable bonds is 6. The third kappa shape index (κ3) is 3.97. The van der Waals surface area contributed by atoms with E-state index in [4.69, 9.17) is 4.74 Å². The van der Waals surface area contributed by atoms with Gasteiger partial charge in [-0.05, 0) is 31.6 Å². The molecule has 2 nitrogen and oxygen atoms in total. The molecule has 3 unspecified atom stereocenters. The second-order valence-electron chi connectivity index (χ2n) is 4.59. The molecule has 1 saturated heterocycles. The average molecular weight is 200 g/mol. The summed E-state index contributed by atoms with van der Waals surface area (Å²) >= 11 is 0. The Kier molecular flexibility index (Phi) is 5.49. The summed E-state index contributed by atoms with van der Waals surface area (Å²) in [6, 6.07) is 0. The lowest BCUT2D eigenvalue weighted by Gasteiger charge is -2.19. The van der Waals surface area contributed by atoms with Crippen LogP contribution in [0.2, 0.25) is 0 Å². The van der Waals surface area contributed by atoms with Gasteiger partial charge in [-0.3, -0.25) is 0 Å². The Balaban J connectivity index is 2.10. The highest BCUT2D eigenvalue weighted by atomic mass is 16.5. The van der Waals surface area contributed by atoms with Gasteiger partial charge in [-0.1, -0.05) is 26.7 Å². The molecule has 0 aromatic carbocycles. The maximum Gasteiger partial charge on any atom is 0.0834 e. The van der Waals surface area contributed by atoms with Gasteiger partial charge in [0, 0.05) is 6.61 Å². The van der Waals surface area contributed by atoms with Gasteiger partial charge in [0.2, 0.25) is 0 Å². The number of ether oxygens (including phenoxy) is 1. The Morgan fingerprint density at radius 3 is 2.71 bits per heavy atom. The van der Waals surface area contributed by atoms with E-state index < -0.39 is 0 Å². The minimum absolute atomic E-state index is 0.129. The van der Waals surface area contributed by atoms with Crippen molar-refractivity contribution in [3.05, 3.63) is 0 Å². The number of hydrogen-bond donors (Lipinski definition) is 1. The van der Waals surface area contributed by atoms with E-state index in [1.807, 2.05) is 0 Å². The first-order chi connectivity index (χ1) is 6.74. The topological polar surface area (TPSA) is 29.5 Å². The molecule has 0 saturated carbocycles. The van der Waals surface area contributed by atoms with Gasteiger partial charge in [0.1, 0.15) is 0 Å². The smallest absolute Gasteiger partial charge is 0.0834 e. The molecule has 0 aromatic rings. The first-order valence-corrected chi connectivity index (χ1v) is 6.03. The van der Waals surface area contributed by atoms with Crippen LogP contribution in [0.25, 0.3) is 0 Å². The number of aliphatic hydroxyl groups is 1. The molecule has 84 valence electrons. The Bertz CT molecular complexity index is 141. The van der Waals surface area contributed by atoms with Crippen LogP contribution in [0, 0.1) is 5.92 Å². The summed E-state index contributed by atoms with van der Waals surface area (Å²) in [5.74, 6) is 0.746. The van der Waals surface area contributed by atoms with E-state index in [2.05, 4.69) is 13.8 Å². The van der Waals surface area contributed by atoms with Gasteiger partial charge in [-0.25, -0.2) is 0 Å². The fraction of sp³-hybridized carbons (Fsp3) is 1.00. The van der Waals surface area contributed by atoms with Crippen LogP contribution in [0.5, 0.6) is 0 Å². The normalized spacial score (nSPS) is 26.4. The molecule has 0 aromatic heterocycles. The van der Waals surface area contributed by atoms with Crippen LogP contribution >= 0.6 is 0 Å². The van der Waals surface area contributed by atoms with Crippen molar-refractivity contribution >= 4 is 0 Å². The number of aliphatic hydroxyl groups excluding tert-OH is 1. The van der Waals surface area contributed by atoms with Crippen LogP contribution in [-0.2, 0) is 4.74 Å². The molecule has 1 heterocycles. The van der Waals surface area contributed by atoms with Crippen LogP contribution < -0.4 is 0 Å². The monoisotopic (exact) mass is 200 g/mol. The largest absolute Gasteiger partial charge is 0.390 e.